The molecule has 0 aliphatic heterocycles. The number of carbonyl (C=O) groups excluding carboxylic acids is 5. The molecule has 3 aliphatic rings. The number of ketones is 1. The molecule has 3 saturated carbocycles. The number of aromatic hydroxyl groups is 1. The van der Waals surface area contributed by atoms with Crippen LogP contribution >= 0.6 is 0 Å². The average molecular weight is 725 g/mol. The smallest absolute Gasteiger partial charge is 0.243 e. The number of rotatable bonds is 18. The van der Waals surface area contributed by atoms with Gasteiger partial charge < -0.3 is 32.5 Å². The summed E-state index contributed by atoms with van der Waals surface area (Å²) in [4.78, 5) is 68.1. The summed E-state index contributed by atoms with van der Waals surface area (Å²) in [6.07, 6.45) is 14.5. The topological polar surface area (TPSA) is 206 Å². The molecule has 1 aromatic rings. The number of amides is 4. The summed E-state index contributed by atoms with van der Waals surface area (Å²) in [6, 6.07) is 2.35. The third-order valence-electron chi connectivity index (χ3n) is 11.5. The molecule has 0 bridgehead atoms. The number of nitrogens with one attached hydrogen (secondary N) is 4. The lowest BCUT2D eigenvalue weighted by molar-refractivity contribution is -0.135. The van der Waals surface area contributed by atoms with Gasteiger partial charge in [0, 0.05) is 6.42 Å². The lowest BCUT2D eigenvalue weighted by Crippen LogP contribution is -2.61. The first-order chi connectivity index (χ1) is 24.9. The first-order valence-corrected chi connectivity index (χ1v) is 19.9. The second kappa shape index (κ2) is 20.7. The van der Waals surface area contributed by atoms with Gasteiger partial charge in [0.05, 0.1) is 24.7 Å². The van der Waals surface area contributed by atoms with Gasteiger partial charge in [-0.3, -0.25) is 29.3 Å². The summed E-state index contributed by atoms with van der Waals surface area (Å²) in [5.74, 6) is -1.91. The van der Waals surface area contributed by atoms with Crippen molar-refractivity contribution in [3.05, 3.63) is 29.8 Å². The minimum Gasteiger partial charge on any atom is -0.508 e. The Morgan fingerprint density at radius 2 is 1.17 bits per heavy atom. The average Bonchev–Trinajstić information content (AvgIpc) is 3.15. The zero-order valence-corrected chi connectivity index (χ0v) is 31.4. The SMILES string of the molecule is CC(C)C[C@H](NCC(=O)[C@@H](NC(=O)[C@@H](NC(=O)[C@H](Cc1ccc(O)cc1)NC(=O)[C@@H](N)C1CCCCC1)C1CCCCC1)C1CCCCC1)C(N)=O. The first kappa shape index (κ1) is 41.2. The Hall–Kier alpha value is -3.51. The van der Waals surface area contributed by atoms with Crippen LogP contribution in [0.4, 0.5) is 0 Å². The quantitative estimate of drug-likeness (QED) is 0.119. The van der Waals surface area contributed by atoms with Crippen LogP contribution in [0.15, 0.2) is 24.3 Å². The van der Waals surface area contributed by atoms with Gasteiger partial charge in [-0.25, -0.2) is 0 Å². The Bertz CT molecular complexity index is 1320. The van der Waals surface area contributed by atoms with Crippen LogP contribution < -0.4 is 32.7 Å². The van der Waals surface area contributed by atoms with E-state index in [2.05, 4.69) is 21.3 Å². The van der Waals surface area contributed by atoms with Gasteiger partial charge in [-0.2, -0.15) is 0 Å². The molecule has 52 heavy (non-hydrogen) atoms. The van der Waals surface area contributed by atoms with E-state index in [0.717, 1.165) is 102 Å². The Balaban J connectivity index is 1.55. The van der Waals surface area contributed by atoms with Crippen LogP contribution in [0.3, 0.4) is 0 Å². The highest BCUT2D eigenvalue weighted by atomic mass is 16.3. The molecule has 0 aromatic heterocycles. The van der Waals surface area contributed by atoms with Gasteiger partial charge in [-0.15, -0.1) is 0 Å². The van der Waals surface area contributed by atoms with Crippen molar-refractivity contribution in [1.29, 1.82) is 0 Å². The third kappa shape index (κ3) is 12.6. The van der Waals surface area contributed by atoms with Crippen molar-refractivity contribution in [2.75, 3.05) is 6.54 Å². The molecule has 0 spiro atoms. The minimum atomic E-state index is -1.02. The van der Waals surface area contributed by atoms with E-state index in [9.17, 15) is 29.1 Å². The molecule has 290 valence electrons. The predicted molar refractivity (Wildman–Crippen MR) is 201 cm³/mol. The van der Waals surface area contributed by atoms with Gasteiger partial charge in [0.15, 0.2) is 5.78 Å². The highest BCUT2D eigenvalue weighted by molar-refractivity contribution is 5.96. The third-order valence-corrected chi connectivity index (χ3v) is 11.5. The van der Waals surface area contributed by atoms with Gasteiger partial charge in [0.1, 0.15) is 17.8 Å². The molecule has 9 N–H and O–H groups in total. The molecular weight excluding hydrogens is 660 g/mol. The van der Waals surface area contributed by atoms with Crippen LogP contribution in [-0.2, 0) is 30.4 Å². The fraction of sp³-hybridized carbons (Fsp3) is 0.725. The Labute approximate surface area is 309 Å². The lowest BCUT2D eigenvalue weighted by atomic mass is 9.80. The number of primary amides is 1. The number of phenols is 1. The van der Waals surface area contributed by atoms with Crippen LogP contribution in [0, 0.1) is 23.7 Å². The number of hydrogen-bond acceptors (Lipinski definition) is 8. The normalized spacial score (nSPS) is 20.6. The molecule has 0 unspecified atom stereocenters. The maximum absolute atomic E-state index is 14.4. The molecular formula is C40H64N6O6. The van der Waals surface area contributed by atoms with Crippen molar-refractivity contribution in [2.24, 2.45) is 35.1 Å². The summed E-state index contributed by atoms with van der Waals surface area (Å²) >= 11 is 0. The summed E-state index contributed by atoms with van der Waals surface area (Å²) in [7, 11) is 0. The molecule has 0 radical (unpaired) electrons. The molecule has 4 amide bonds. The van der Waals surface area contributed by atoms with Crippen LogP contribution in [0.1, 0.15) is 122 Å². The molecule has 3 fully saturated rings. The van der Waals surface area contributed by atoms with Gasteiger partial charge in [0.2, 0.25) is 23.6 Å². The van der Waals surface area contributed by atoms with Crippen molar-refractivity contribution < 1.29 is 29.1 Å². The van der Waals surface area contributed by atoms with Crippen molar-refractivity contribution in [3.8, 4) is 5.75 Å². The summed E-state index contributed by atoms with van der Waals surface area (Å²) < 4.78 is 0. The fourth-order valence-corrected chi connectivity index (χ4v) is 8.45. The Morgan fingerprint density at radius 3 is 1.69 bits per heavy atom. The number of hydrogen-bond donors (Lipinski definition) is 7. The first-order valence-electron chi connectivity index (χ1n) is 19.9. The van der Waals surface area contributed by atoms with Crippen molar-refractivity contribution >= 4 is 29.4 Å². The number of nitrogens with two attached hydrogens (primary N) is 2. The van der Waals surface area contributed by atoms with Crippen LogP contribution in [0.2, 0.25) is 0 Å². The largest absolute Gasteiger partial charge is 0.508 e. The van der Waals surface area contributed by atoms with E-state index < -0.39 is 53.8 Å². The second-order valence-electron chi connectivity index (χ2n) is 16.1. The van der Waals surface area contributed by atoms with E-state index in [0.29, 0.717) is 6.42 Å². The standard InChI is InChI=1S/C40H64N6O6/c1-25(2)22-31(37(42)49)43-24-33(48)35(28-14-8-4-9-15-28)45-40(52)36(29-16-10-5-11-17-29)46-38(50)32(23-26-18-20-30(47)21-19-26)44-39(51)34(41)27-12-6-3-7-13-27/h18-21,25,27-29,31-32,34-36,43,47H,3-17,22-24,41H2,1-2H3,(H2,42,49)(H,44,51)(H,45,52)(H,46,50)/t31-,32-,34-,35-,36-/m0/s1. The zero-order chi connectivity index (χ0) is 37.6. The summed E-state index contributed by atoms with van der Waals surface area (Å²) in [5, 5.41) is 21.9. The molecule has 3 aliphatic carbocycles. The molecule has 0 heterocycles. The van der Waals surface area contributed by atoms with Gasteiger partial charge in [-0.1, -0.05) is 83.8 Å². The number of Topliss-reactive ketones (excluding diaryl/α,β-unsaturated/α-hetero) is 1. The number of carbonyl (C=O) groups is 5. The van der Waals surface area contributed by atoms with Gasteiger partial charge in [0.25, 0.3) is 0 Å². The molecule has 12 heteroatoms. The molecule has 5 atom stereocenters. The lowest BCUT2D eigenvalue weighted by Gasteiger charge is -2.35. The molecule has 12 nitrogen and oxygen atoms in total. The van der Waals surface area contributed by atoms with Gasteiger partial charge in [-0.05, 0) is 86.3 Å². The van der Waals surface area contributed by atoms with Crippen molar-refractivity contribution in [3.63, 3.8) is 0 Å². The highest BCUT2D eigenvalue weighted by Gasteiger charge is 2.38. The number of phenolic OH excluding ortho intramolecular Hbond substituents is 1. The summed E-state index contributed by atoms with van der Waals surface area (Å²) in [6.45, 7) is 3.86. The van der Waals surface area contributed by atoms with Gasteiger partial charge >= 0.3 is 0 Å². The molecule has 1 aromatic carbocycles. The van der Waals surface area contributed by atoms with E-state index >= 15 is 0 Å². The van der Waals surface area contributed by atoms with E-state index in [1.165, 1.54) is 12.1 Å². The van der Waals surface area contributed by atoms with E-state index in [-0.39, 0.29) is 48.2 Å². The maximum Gasteiger partial charge on any atom is 0.243 e. The Morgan fingerprint density at radius 1 is 0.673 bits per heavy atom. The van der Waals surface area contributed by atoms with E-state index in [1.54, 1.807) is 12.1 Å². The van der Waals surface area contributed by atoms with Crippen LogP contribution in [-0.4, -0.2) is 71.3 Å². The Kier molecular flexibility index (Phi) is 16.4. The maximum atomic E-state index is 14.4. The second-order valence-corrected chi connectivity index (χ2v) is 16.1. The van der Waals surface area contributed by atoms with E-state index in [1.807, 2.05) is 13.8 Å². The summed E-state index contributed by atoms with van der Waals surface area (Å²) in [5.41, 5.74) is 12.8. The molecule has 0 saturated heterocycles. The number of benzene rings is 1. The van der Waals surface area contributed by atoms with Crippen LogP contribution in [0.25, 0.3) is 0 Å². The predicted octanol–water partition coefficient (Wildman–Crippen LogP) is 3.52. The highest BCUT2D eigenvalue weighted by Crippen LogP contribution is 2.30. The fourth-order valence-electron chi connectivity index (χ4n) is 8.45. The minimum absolute atomic E-state index is 0.0410. The zero-order valence-electron chi connectivity index (χ0n) is 31.4. The van der Waals surface area contributed by atoms with Crippen molar-refractivity contribution in [1.82, 2.24) is 21.3 Å². The monoisotopic (exact) mass is 724 g/mol. The van der Waals surface area contributed by atoms with Crippen molar-refractivity contribution in [2.45, 2.75) is 153 Å². The van der Waals surface area contributed by atoms with E-state index in [4.69, 9.17) is 11.5 Å². The van der Waals surface area contributed by atoms with Crippen LogP contribution in [0.5, 0.6) is 5.75 Å². The molecule has 4 rings (SSSR count).